The minimum atomic E-state index is -0.0834. The van der Waals surface area contributed by atoms with E-state index in [1.165, 1.54) is 30.6 Å². The van der Waals surface area contributed by atoms with E-state index in [9.17, 15) is 4.79 Å². The molecular weight excluding hydrogens is 260 g/mol. The lowest BCUT2D eigenvalue weighted by Gasteiger charge is -2.14. The van der Waals surface area contributed by atoms with Gasteiger partial charge in [-0.25, -0.2) is 0 Å². The summed E-state index contributed by atoms with van der Waals surface area (Å²) in [6, 6.07) is 4.33. The van der Waals surface area contributed by atoms with E-state index in [0.717, 1.165) is 0 Å². The van der Waals surface area contributed by atoms with Crippen LogP contribution in [0.3, 0.4) is 0 Å². The smallest absolute Gasteiger partial charge is 0.141 e. The molecule has 0 fully saturated rings. The molecule has 0 bridgehead atoms. The first kappa shape index (κ1) is 13.5. The van der Waals surface area contributed by atoms with Gasteiger partial charge in [-0.15, -0.1) is 22.7 Å². The standard InChI is InChI=1S/C15H18OS2/c1-8-6-13(11(4)17-8)15(10(3)16)14-7-9(2)18-12(14)5/h6-7,15H,1-5H3. The van der Waals surface area contributed by atoms with Crippen molar-refractivity contribution in [1.29, 1.82) is 0 Å². The Morgan fingerprint density at radius 2 is 1.33 bits per heavy atom. The second kappa shape index (κ2) is 4.98. The van der Waals surface area contributed by atoms with Crippen LogP contribution in [0.1, 0.15) is 43.5 Å². The summed E-state index contributed by atoms with van der Waals surface area (Å²) < 4.78 is 0. The molecule has 0 aromatic carbocycles. The zero-order valence-corrected chi connectivity index (χ0v) is 13.1. The molecule has 0 spiro atoms. The molecule has 0 amide bonds. The number of thiophene rings is 2. The summed E-state index contributed by atoms with van der Waals surface area (Å²) in [5.74, 6) is 0.150. The first-order valence-corrected chi connectivity index (χ1v) is 7.67. The van der Waals surface area contributed by atoms with Crippen LogP contribution in [0.5, 0.6) is 0 Å². The highest BCUT2D eigenvalue weighted by Crippen LogP contribution is 2.37. The lowest BCUT2D eigenvalue weighted by Crippen LogP contribution is -2.11. The maximum absolute atomic E-state index is 12.1. The average Bonchev–Trinajstić information content (AvgIpc) is 2.71. The van der Waals surface area contributed by atoms with E-state index >= 15 is 0 Å². The molecule has 1 nitrogen and oxygen atoms in total. The minimum Gasteiger partial charge on any atom is -0.299 e. The molecule has 0 N–H and O–H groups in total. The molecule has 2 rings (SSSR count). The fourth-order valence-electron chi connectivity index (χ4n) is 2.48. The Hall–Kier alpha value is -0.930. The summed E-state index contributed by atoms with van der Waals surface area (Å²) in [6.07, 6.45) is 0. The van der Waals surface area contributed by atoms with Gasteiger partial charge in [-0.05, 0) is 57.9 Å². The summed E-state index contributed by atoms with van der Waals surface area (Å²) in [7, 11) is 0. The Labute approximate surface area is 116 Å². The number of rotatable bonds is 3. The van der Waals surface area contributed by atoms with E-state index in [0.29, 0.717) is 0 Å². The zero-order chi connectivity index (χ0) is 13.4. The third-order valence-corrected chi connectivity index (χ3v) is 5.15. The molecule has 18 heavy (non-hydrogen) atoms. The van der Waals surface area contributed by atoms with Crippen molar-refractivity contribution in [3.8, 4) is 0 Å². The molecule has 0 aliphatic carbocycles. The maximum Gasteiger partial charge on any atom is 0.141 e. The third kappa shape index (κ3) is 2.43. The summed E-state index contributed by atoms with van der Waals surface area (Å²) >= 11 is 3.55. The second-order valence-corrected chi connectivity index (χ2v) is 7.70. The number of Topliss-reactive ketones (excluding diaryl/α,β-unsaturated/α-hetero) is 1. The van der Waals surface area contributed by atoms with Crippen LogP contribution in [-0.2, 0) is 4.79 Å². The van der Waals surface area contributed by atoms with Crippen molar-refractivity contribution >= 4 is 28.5 Å². The van der Waals surface area contributed by atoms with Crippen LogP contribution in [-0.4, -0.2) is 5.78 Å². The molecule has 0 saturated heterocycles. The SMILES string of the molecule is CC(=O)C(c1cc(C)sc1C)c1cc(C)sc1C. The number of carbonyl (C=O) groups is 1. The van der Waals surface area contributed by atoms with E-state index in [1.54, 1.807) is 29.6 Å². The molecule has 0 saturated carbocycles. The Morgan fingerprint density at radius 3 is 1.56 bits per heavy atom. The van der Waals surface area contributed by atoms with Crippen LogP contribution >= 0.6 is 22.7 Å². The van der Waals surface area contributed by atoms with Crippen molar-refractivity contribution in [2.75, 3.05) is 0 Å². The Bertz CT molecular complexity index is 543. The molecule has 96 valence electrons. The van der Waals surface area contributed by atoms with Crippen molar-refractivity contribution < 1.29 is 4.79 Å². The van der Waals surface area contributed by atoms with Gasteiger partial charge in [0.2, 0.25) is 0 Å². The summed E-state index contributed by atoms with van der Waals surface area (Å²) in [6.45, 7) is 10.1. The highest BCUT2D eigenvalue weighted by Gasteiger charge is 2.25. The first-order valence-electron chi connectivity index (χ1n) is 6.04. The molecule has 0 aliphatic rings. The Morgan fingerprint density at radius 1 is 0.944 bits per heavy atom. The Kier molecular flexibility index (Phi) is 3.74. The van der Waals surface area contributed by atoms with Gasteiger partial charge in [0.25, 0.3) is 0 Å². The van der Waals surface area contributed by atoms with E-state index in [-0.39, 0.29) is 11.7 Å². The monoisotopic (exact) mass is 278 g/mol. The van der Waals surface area contributed by atoms with Crippen molar-refractivity contribution in [1.82, 2.24) is 0 Å². The van der Waals surface area contributed by atoms with Crippen molar-refractivity contribution in [3.05, 3.63) is 42.8 Å². The molecular formula is C15H18OS2. The molecule has 0 unspecified atom stereocenters. The predicted octanol–water partition coefficient (Wildman–Crippen LogP) is 4.76. The van der Waals surface area contributed by atoms with Gasteiger partial charge in [-0.1, -0.05) is 0 Å². The van der Waals surface area contributed by atoms with Crippen LogP contribution < -0.4 is 0 Å². The minimum absolute atomic E-state index is 0.0834. The maximum atomic E-state index is 12.1. The molecule has 0 atom stereocenters. The predicted molar refractivity (Wildman–Crippen MR) is 80.1 cm³/mol. The lowest BCUT2D eigenvalue weighted by atomic mass is 9.88. The number of aryl methyl sites for hydroxylation is 4. The Balaban J connectivity index is 2.57. The van der Waals surface area contributed by atoms with Crippen molar-refractivity contribution in [3.63, 3.8) is 0 Å². The highest BCUT2D eigenvalue weighted by atomic mass is 32.1. The fraction of sp³-hybridized carbons (Fsp3) is 0.400. The fourth-order valence-corrected chi connectivity index (χ4v) is 4.41. The van der Waals surface area contributed by atoms with Crippen LogP contribution in [0.2, 0.25) is 0 Å². The topological polar surface area (TPSA) is 17.1 Å². The van der Waals surface area contributed by atoms with Crippen LogP contribution in [0.25, 0.3) is 0 Å². The van der Waals surface area contributed by atoms with Gasteiger partial charge in [-0.2, -0.15) is 0 Å². The van der Waals surface area contributed by atoms with Crippen LogP contribution in [0.15, 0.2) is 12.1 Å². The van der Waals surface area contributed by atoms with Crippen LogP contribution in [0.4, 0.5) is 0 Å². The van der Waals surface area contributed by atoms with Gasteiger partial charge < -0.3 is 0 Å². The average molecular weight is 278 g/mol. The summed E-state index contributed by atoms with van der Waals surface area (Å²) in [5, 5.41) is 0. The van der Waals surface area contributed by atoms with Gasteiger partial charge in [-0.3, -0.25) is 4.79 Å². The molecule has 2 heterocycles. The molecule has 0 aliphatic heterocycles. The molecule has 0 radical (unpaired) electrons. The van der Waals surface area contributed by atoms with Crippen LogP contribution in [0, 0.1) is 27.7 Å². The van der Waals surface area contributed by atoms with Gasteiger partial charge >= 0.3 is 0 Å². The quantitative estimate of drug-likeness (QED) is 0.791. The first-order chi connectivity index (χ1) is 8.40. The third-order valence-electron chi connectivity index (χ3n) is 3.19. The second-order valence-electron chi connectivity index (χ2n) is 4.78. The van der Waals surface area contributed by atoms with E-state index < -0.39 is 0 Å². The lowest BCUT2D eigenvalue weighted by molar-refractivity contribution is -0.117. The van der Waals surface area contributed by atoms with Crippen molar-refractivity contribution in [2.45, 2.75) is 40.5 Å². The van der Waals surface area contributed by atoms with E-state index in [4.69, 9.17) is 0 Å². The number of hydrogen-bond donors (Lipinski definition) is 0. The zero-order valence-electron chi connectivity index (χ0n) is 11.5. The largest absolute Gasteiger partial charge is 0.299 e. The normalized spacial score (nSPS) is 11.2. The molecule has 2 aromatic heterocycles. The molecule has 2 aromatic rings. The van der Waals surface area contributed by atoms with E-state index in [2.05, 4.69) is 39.8 Å². The van der Waals surface area contributed by atoms with Gasteiger partial charge in [0.1, 0.15) is 5.78 Å². The summed E-state index contributed by atoms with van der Waals surface area (Å²) in [5.41, 5.74) is 2.37. The number of ketones is 1. The highest BCUT2D eigenvalue weighted by molar-refractivity contribution is 7.12. The number of hydrogen-bond acceptors (Lipinski definition) is 3. The molecule has 3 heteroatoms. The van der Waals surface area contributed by atoms with Gasteiger partial charge in [0.05, 0.1) is 5.92 Å². The number of carbonyl (C=O) groups excluding carboxylic acids is 1. The van der Waals surface area contributed by atoms with Gasteiger partial charge in [0, 0.05) is 19.5 Å². The van der Waals surface area contributed by atoms with Crippen molar-refractivity contribution in [2.24, 2.45) is 0 Å². The summed E-state index contributed by atoms with van der Waals surface area (Å²) in [4.78, 5) is 17.1. The van der Waals surface area contributed by atoms with E-state index in [1.807, 2.05) is 0 Å². The van der Waals surface area contributed by atoms with Gasteiger partial charge in [0.15, 0.2) is 0 Å².